The third-order valence-corrected chi connectivity index (χ3v) is 3.41. The lowest BCUT2D eigenvalue weighted by Crippen LogP contribution is -2.36. The largest absolute Gasteiger partial charge is 0.462 e. The minimum absolute atomic E-state index is 0.000177. The van der Waals surface area contributed by atoms with E-state index in [2.05, 4.69) is 12.2 Å². The number of nitrogens with one attached hydrogen (secondary N) is 1. The summed E-state index contributed by atoms with van der Waals surface area (Å²) < 4.78 is 5.49. The van der Waals surface area contributed by atoms with Crippen LogP contribution in [0.25, 0.3) is 0 Å². The number of hydrogen-bond donors (Lipinski definition) is 1. The van der Waals surface area contributed by atoms with E-state index in [-0.39, 0.29) is 18.0 Å². The second kappa shape index (κ2) is 8.51. The van der Waals surface area contributed by atoms with Crippen molar-refractivity contribution in [2.75, 3.05) is 13.1 Å². The highest BCUT2D eigenvalue weighted by molar-refractivity contribution is 5.73. The van der Waals surface area contributed by atoms with Crippen molar-refractivity contribution in [1.29, 1.82) is 0 Å². The van der Waals surface area contributed by atoms with E-state index in [1.54, 1.807) is 0 Å². The molecular formula is C14H27NO2. The lowest BCUT2D eigenvalue weighted by Gasteiger charge is -2.23. The molecule has 3 nitrogen and oxygen atoms in total. The Morgan fingerprint density at radius 1 is 1.41 bits per heavy atom. The molecular weight excluding hydrogens is 214 g/mol. The van der Waals surface area contributed by atoms with Crippen molar-refractivity contribution in [2.45, 2.75) is 64.9 Å². The Bertz CT molecular complexity index is 212. The van der Waals surface area contributed by atoms with E-state index in [0.29, 0.717) is 0 Å². The van der Waals surface area contributed by atoms with Crippen molar-refractivity contribution in [1.82, 2.24) is 5.32 Å². The van der Waals surface area contributed by atoms with E-state index in [0.717, 1.165) is 32.4 Å². The Kier molecular flexibility index (Phi) is 7.25. The van der Waals surface area contributed by atoms with Crippen LogP contribution in [0.5, 0.6) is 0 Å². The highest BCUT2D eigenvalue weighted by Crippen LogP contribution is 2.15. The third kappa shape index (κ3) is 6.06. The predicted molar refractivity (Wildman–Crippen MR) is 69.9 cm³/mol. The molecule has 1 heterocycles. The highest BCUT2D eigenvalue weighted by Gasteiger charge is 2.23. The lowest BCUT2D eigenvalue weighted by molar-refractivity contribution is -0.154. The van der Waals surface area contributed by atoms with Crippen LogP contribution in [0.3, 0.4) is 0 Å². The molecule has 0 aliphatic carbocycles. The van der Waals surface area contributed by atoms with Gasteiger partial charge in [0.15, 0.2) is 0 Å². The second-order valence-corrected chi connectivity index (χ2v) is 5.14. The van der Waals surface area contributed by atoms with Gasteiger partial charge in [-0.2, -0.15) is 0 Å². The summed E-state index contributed by atoms with van der Waals surface area (Å²) in [6.07, 6.45) is 8.12. The number of rotatable bonds is 7. The Labute approximate surface area is 105 Å². The summed E-state index contributed by atoms with van der Waals surface area (Å²) in [5.41, 5.74) is 0. The van der Waals surface area contributed by atoms with Crippen LogP contribution in [0.2, 0.25) is 0 Å². The average Bonchev–Trinajstić information content (AvgIpc) is 2.36. The standard InChI is InChI=1S/C14H27NO2/c1-3-4-5-6-8-12(2)17-14(16)13-9-7-10-15-11-13/h12-13,15H,3-11H2,1-2H3. The first-order chi connectivity index (χ1) is 8.24. The van der Waals surface area contributed by atoms with E-state index < -0.39 is 0 Å². The fraction of sp³-hybridized carbons (Fsp3) is 0.929. The minimum Gasteiger partial charge on any atom is -0.462 e. The van der Waals surface area contributed by atoms with Crippen molar-refractivity contribution in [3.8, 4) is 0 Å². The van der Waals surface area contributed by atoms with Gasteiger partial charge in [0.05, 0.1) is 12.0 Å². The van der Waals surface area contributed by atoms with E-state index >= 15 is 0 Å². The summed E-state index contributed by atoms with van der Waals surface area (Å²) >= 11 is 0. The molecule has 0 spiro atoms. The molecule has 0 bridgehead atoms. The van der Waals surface area contributed by atoms with Crippen molar-refractivity contribution in [3.63, 3.8) is 0 Å². The topological polar surface area (TPSA) is 38.3 Å². The predicted octanol–water partition coefficient (Wildman–Crippen LogP) is 2.89. The zero-order valence-electron chi connectivity index (χ0n) is 11.3. The SMILES string of the molecule is CCCCCCC(C)OC(=O)C1CCCNC1. The van der Waals surface area contributed by atoms with Gasteiger partial charge >= 0.3 is 5.97 Å². The maximum Gasteiger partial charge on any atom is 0.310 e. The first-order valence-electron chi connectivity index (χ1n) is 7.15. The Morgan fingerprint density at radius 3 is 2.88 bits per heavy atom. The van der Waals surface area contributed by atoms with Crippen LogP contribution >= 0.6 is 0 Å². The molecule has 100 valence electrons. The molecule has 0 radical (unpaired) electrons. The van der Waals surface area contributed by atoms with Crippen LogP contribution in [0, 0.1) is 5.92 Å². The molecule has 0 aromatic rings. The highest BCUT2D eigenvalue weighted by atomic mass is 16.5. The lowest BCUT2D eigenvalue weighted by atomic mass is 10.00. The number of carbonyl (C=O) groups is 1. The Balaban J connectivity index is 2.11. The monoisotopic (exact) mass is 241 g/mol. The summed E-state index contributed by atoms with van der Waals surface area (Å²) in [7, 11) is 0. The number of ether oxygens (including phenoxy) is 1. The average molecular weight is 241 g/mol. The molecule has 17 heavy (non-hydrogen) atoms. The summed E-state index contributed by atoms with van der Waals surface area (Å²) in [5.74, 6) is 0.0852. The van der Waals surface area contributed by atoms with Gasteiger partial charge in [-0.15, -0.1) is 0 Å². The molecule has 1 N–H and O–H groups in total. The van der Waals surface area contributed by atoms with Gasteiger partial charge in [-0.3, -0.25) is 4.79 Å². The third-order valence-electron chi connectivity index (χ3n) is 3.41. The zero-order chi connectivity index (χ0) is 12.5. The summed E-state index contributed by atoms with van der Waals surface area (Å²) in [4.78, 5) is 11.8. The van der Waals surface area contributed by atoms with Crippen LogP contribution in [-0.4, -0.2) is 25.2 Å². The first kappa shape index (κ1) is 14.5. The number of esters is 1. The summed E-state index contributed by atoms with van der Waals surface area (Å²) in [6, 6.07) is 0. The van der Waals surface area contributed by atoms with Crippen molar-refractivity contribution < 1.29 is 9.53 Å². The fourth-order valence-corrected chi connectivity index (χ4v) is 2.27. The van der Waals surface area contributed by atoms with E-state index in [4.69, 9.17) is 4.74 Å². The number of piperidine rings is 1. The maximum absolute atomic E-state index is 11.8. The zero-order valence-corrected chi connectivity index (χ0v) is 11.3. The smallest absolute Gasteiger partial charge is 0.310 e. The van der Waals surface area contributed by atoms with E-state index in [1.807, 2.05) is 6.92 Å². The van der Waals surface area contributed by atoms with Gasteiger partial charge in [0.2, 0.25) is 0 Å². The summed E-state index contributed by atoms with van der Waals surface area (Å²) in [5, 5.41) is 3.25. The second-order valence-electron chi connectivity index (χ2n) is 5.14. The molecule has 1 fully saturated rings. The molecule has 1 aliphatic heterocycles. The molecule has 3 heteroatoms. The van der Waals surface area contributed by atoms with E-state index in [1.165, 1.54) is 25.7 Å². The van der Waals surface area contributed by atoms with Crippen molar-refractivity contribution in [3.05, 3.63) is 0 Å². The molecule has 0 aromatic heterocycles. The minimum atomic E-state index is 0.000177. The quantitative estimate of drug-likeness (QED) is 0.550. The first-order valence-corrected chi connectivity index (χ1v) is 7.15. The van der Waals surface area contributed by atoms with Gasteiger partial charge in [0, 0.05) is 6.54 Å². The van der Waals surface area contributed by atoms with Gasteiger partial charge in [-0.25, -0.2) is 0 Å². The van der Waals surface area contributed by atoms with Crippen molar-refractivity contribution in [2.24, 2.45) is 5.92 Å². The fourth-order valence-electron chi connectivity index (χ4n) is 2.27. The summed E-state index contributed by atoms with van der Waals surface area (Å²) in [6.45, 7) is 6.05. The normalized spacial score (nSPS) is 22.1. The molecule has 1 rings (SSSR count). The van der Waals surface area contributed by atoms with Gasteiger partial charge in [-0.05, 0) is 39.2 Å². The van der Waals surface area contributed by atoms with Gasteiger partial charge < -0.3 is 10.1 Å². The van der Waals surface area contributed by atoms with Crippen molar-refractivity contribution >= 4 is 5.97 Å². The molecule has 1 saturated heterocycles. The van der Waals surface area contributed by atoms with Crippen LogP contribution < -0.4 is 5.32 Å². The molecule has 0 amide bonds. The van der Waals surface area contributed by atoms with Crippen LogP contribution in [0.1, 0.15) is 58.8 Å². The molecule has 0 saturated carbocycles. The van der Waals surface area contributed by atoms with E-state index in [9.17, 15) is 4.79 Å². The van der Waals surface area contributed by atoms with Gasteiger partial charge in [0.1, 0.15) is 0 Å². The molecule has 2 atom stereocenters. The molecule has 1 aliphatic rings. The maximum atomic E-state index is 11.8. The number of unbranched alkanes of at least 4 members (excludes halogenated alkanes) is 3. The van der Waals surface area contributed by atoms with Crippen LogP contribution in [0.4, 0.5) is 0 Å². The van der Waals surface area contributed by atoms with Gasteiger partial charge in [-0.1, -0.05) is 26.2 Å². The van der Waals surface area contributed by atoms with Crippen LogP contribution in [-0.2, 0) is 9.53 Å². The molecule has 2 unspecified atom stereocenters. The number of hydrogen-bond acceptors (Lipinski definition) is 3. The van der Waals surface area contributed by atoms with Crippen LogP contribution in [0.15, 0.2) is 0 Å². The van der Waals surface area contributed by atoms with Gasteiger partial charge in [0.25, 0.3) is 0 Å². The molecule has 0 aromatic carbocycles. The Hall–Kier alpha value is -0.570. The Morgan fingerprint density at radius 2 is 2.24 bits per heavy atom. The number of carbonyl (C=O) groups excluding carboxylic acids is 1.